The number of likely N-dealkylation sites (tertiary alicyclic amines) is 1. The highest BCUT2D eigenvalue weighted by Crippen LogP contribution is 2.41. The number of nitrogens with one attached hydrogen (secondary N) is 3. The van der Waals surface area contributed by atoms with Crippen LogP contribution in [0, 0.1) is 0 Å². The Bertz CT molecular complexity index is 3630. The number of nitrogens with zero attached hydrogens (tertiary/aromatic N) is 7. The number of hydrogen-bond acceptors (Lipinski definition) is 15. The van der Waals surface area contributed by atoms with Crippen molar-refractivity contribution in [3.8, 4) is 0 Å². The Balaban J connectivity index is 0.000000207. The summed E-state index contributed by atoms with van der Waals surface area (Å²) in [5, 5.41) is 27.7. The molecule has 5 aromatic carbocycles. The summed E-state index contributed by atoms with van der Waals surface area (Å²) in [7, 11) is 1.46. The number of piperidine rings is 3. The number of nitrogens with two attached hydrogens (primary N) is 1. The Kier molecular flexibility index (Phi) is 29.4. The summed E-state index contributed by atoms with van der Waals surface area (Å²) in [6.07, 6.45) is -3.64. The fourth-order valence-corrected chi connectivity index (χ4v) is 11.9. The number of urea groups is 1. The number of carbonyl (C=O) groups excluding carboxylic acids is 3. The SMILES string of the molecule is COC(=O)CCC1(c2ccccc2)CCCNC1.FC(F)(F)c1nc(CCC2(c3ccccc3)CCCNC2)no1.N/C(=N/O)C(F)(F)F.O=C(NCc1ccc(Cl)c(Cl)c1)N1CCCC(CCc2noc(C(F)(F)F)n2)(c2ccccc2)C1.O=C=NCc1ccc(Cl)c(Cl)c1. The third-order valence-electron chi connectivity index (χ3n) is 16.2. The number of oxime groups is 1. The second-order valence-corrected chi connectivity index (χ2v) is 24.3. The fraction of sp³-hybridized carbons (Fsp3) is 0.415. The molecule has 3 aliphatic heterocycles. The molecule has 0 aliphatic carbocycles. The molecule has 18 nitrogen and oxygen atoms in total. The van der Waals surface area contributed by atoms with E-state index in [4.69, 9.17) is 56.3 Å². The largest absolute Gasteiger partial charge is 0.471 e. The van der Waals surface area contributed by atoms with E-state index < -0.39 is 41.6 Å². The van der Waals surface area contributed by atoms with Gasteiger partial charge < -0.3 is 45.6 Å². The molecule has 3 fully saturated rings. The second-order valence-electron chi connectivity index (χ2n) is 22.7. The first-order chi connectivity index (χ1) is 45.6. The van der Waals surface area contributed by atoms with Gasteiger partial charge >= 0.3 is 42.3 Å². The van der Waals surface area contributed by atoms with Crippen LogP contribution in [0.25, 0.3) is 0 Å². The van der Waals surface area contributed by atoms with E-state index in [1.807, 2.05) is 54.6 Å². The van der Waals surface area contributed by atoms with Crippen molar-refractivity contribution < 1.29 is 72.9 Å². The van der Waals surface area contributed by atoms with Crippen LogP contribution in [0.15, 0.2) is 147 Å². The van der Waals surface area contributed by atoms with E-state index >= 15 is 0 Å². The van der Waals surface area contributed by atoms with Crippen molar-refractivity contribution >= 4 is 70.3 Å². The molecule has 3 saturated heterocycles. The van der Waals surface area contributed by atoms with Crippen LogP contribution in [-0.4, -0.2) is 107 Å². The minimum absolute atomic E-state index is 0.00572. The minimum atomic E-state index is -4.71. The van der Waals surface area contributed by atoms with Gasteiger partial charge in [0.1, 0.15) is 0 Å². The number of rotatable bonds is 16. The molecular formula is C65H70Cl4F9N11O7. The van der Waals surface area contributed by atoms with Crippen LogP contribution in [0.3, 0.4) is 0 Å². The molecule has 0 saturated carbocycles. The van der Waals surface area contributed by atoms with Crippen molar-refractivity contribution in [2.75, 3.05) is 46.4 Å². The maximum atomic E-state index is 13.0. The zero-order chi connectivity index (χ0) is 70.0. The van der Waals surface area contributed by atoms with Crippen LogP contribution in [-0.2, 0) is 68.9 Å². The molecule has 5 heterocycles. The van der Waals surface area contributed by atoms with E-state index in [9.17, 15) is 53.9 Å². The lowest BCUT2D eigenvalue weighted by molar-refractivity contribution is -0.160. The summed E-state index contributed by atoms with van der Waals surface area (Å²) in [6, 6.07) is 40.3. The fourth-order valence-electron chi connectivity index (χ4n) is 11.3. The van der Waals surface area contributed by atoms with E-state index in [0.29, 0.717) is 65.4 Å². The first kappa shape index (κ1) is 77.2. The predicted octanol–water partition coefficient (Wildman–Crippen LogP) is 15.0. The van der Waals surface area contributed by atoms with E-state index in [2.05, 4.69) is 92.4 Å². The number of halogens is 13. The number of hydrogen-bond donors (Lipinski definition) is 5. The third kappa shape index (κ3) is 23.5. The van der Waals surface area contributed by atoms with Crippen molar-refractivity contribution in [1.29, 1.82) is 0 Å². The molecule has 3 atom stereocenters. The molecule has 0 spiro atoms. The molecule has 2 amide bonds. The number of isocyanates is 1. The lowest BCUT2D eigenvalue weighted by Crippen LogP contribution is -2.51. The number of aliphatic imine (C=N–C) groups is 1. The van der Waals surface area contributed by atoms with Crippen LogP contribution in [0.2, 0.25) is 20.1 Å². The van der Waals surface area contributed by atoms with Gasteiger partial charge in [-0.2, -0.15) is 49.5 Å². The maximum Gasteiger partial charge on any atom is 0.471 e. The number of methoxy groups -OCH3 is 1. The van der Waals surface area contributed by atoms with Crippen LogP contribution in [0.4, 0.5) is 44.3 Å². The summed E-state index contributed by atoms with van der Waals surface area (Å²) >= 11 is 23.4. The van der Waals surface area contributed by atoms with Gasteiger partial charge in [-0.25, -0.2) is 14.6 Å². The molecule has 31 heteroatoms. The van der Waals surface area contributed by atoms with Gasteiger partial charge in [0, 0.05) is 68.2 Å². The molecule has 96 heavy (non-hydrogen) atoms. The van der Waals surface area contributed by atoms with E-state index in [1.165, 1.54) is 24.3 Å². The maximum absolute atomic E-state index is 13.0. The summed E-state index contributed by atoms with van der Waals surface area (Å²) in [4.78, 5) is 46.3. The van der Waals surface area contributed by atoms with Gasteiger partial charge in [-0.1, -0.05) is 165 Å². The Hall–Kier alpha value is -7.78. The van der Waals surface area contributed by atoms with Gasteiger partial charge in [0.2, 0.25) is 11.9 Å². The van der Waals surface area contributed by atoms with E-state index in [0.717, 1.165) is 87.8 Å². The number of aryl methyl sites for hydroxylation is 2. The molecule has 0 radical (unpaired) electrons. The number of amidine groups is 1. The average Bonchev–Trinajstić information content (AvgIpc) is 1.23. The van der Waals surface area contributed by atoms with Crippen molar-refractivity contribution in [3.63, 3.8) is 0 Å². The topological polar surface area (TPSA) is 249 Å². The van der Waals surface area contributed by atoms with Gasteiger partial charge in [-0.05, 0) is 123 Å². The highest BCUT2D eigenvalue weighted by molar-refractivity contribution is 6.42. The van der Waals surface area contributed by atoms with Crippen LogP contribution in [0.5, 0.6) is 0 Å². The Morgan fingerprint density at radius 2 is 1.10 bits per heavy atom. The molecule has 3 unspecified atom stereocenters. The normalized spacial score (nSPS) is 18.8. The lowest BCUT2D eigenvalue weighted by Gasteiger charge is -2.43. The van der Waals surface area contributed by atoms with Gasteiger partial charge in [-0.3, -0.25) is 4.79 Å². The zero-order valence-electron chi connectivity index (χ0n) is 51.8. The summed E-state index contributed by atoms with van der Waals surface area (Å²) < 4.78 is 123. The van der Waals surface area contributed by atoms with E-state index in [-0.39, 0.29) is 47.4 Å². The first-order valence-electron chi connectivity index (χ1n) is 30.1. The molecule has 0 bridgehead atoms. The van der Waals surface area contributed by atoms with Gasteiger partial charge in [0.15, 0.2) is 11.6 Å². The summed E-state index contributed by atoms with van der Waals surface area (Å²) in [5.41, 5.74) is 8.87. The van der Waals surface area contributed by atoms with Crippen molar-refractivity contribution in [1.82, 2.24) is 41.1 Å². The summed E-state index contributed by atoms with van der Waals surface area (Å²) in [5.74, 6) is -4.38. The highest BCUT2D eigenvalue weighted by atomic mass is 35.5. The molecule has 3 aliphatic rings. The van der Waals surface area contributed by atoms with Crippen LogP contribution in [0.1, 0.15) is 115 Å². The standard InChI is InChI=1S/C24H23Cl2F3N4O2.C16H18F3N3O.C15H21NO2.C8H5Cl2NO.C2H3F3N2O/c25-18-8-7-16(13-19(18)26)14-30-22(34)33-12-4-10-23(15-33,17-5-2-1-3-6-17)11-9-20-31-21(35-32-20)24(27,28)29;17-16(18,19)14-21-13(22-23-14)7-9-15(8-4-10-20-11-15)12-5-2-1-3-6-12;1-18-14(17)8-10-15(9-5-11-16-12-15)13-6-3-2-4-7-13;9-7-2-1-6(3-8(7)10)4-11-5-12;3-2(4,5)1(6)7-8/h1-3,5-8,13H,4,9-12,14-15H2,(H,30,34);1-3,5-6,20H,4,7-11H2;2-4,6-7,16H,5,8-12H2,1H3;1-3H,4H2;8H,(H2,6,7). The molecule has 7 aromatic rings. The Morgan fingerprint density at radius 1 is 0.656 bits per heavy atom. The van der Waals surface area contributed by atoms with Crippen molar-refractivity contribution in [2.45, 2.75) is 125 Å². The number of aromatic nitrogens is 4. The lowest BCUT2D eigenvalue weighted by atomic mass is 9.71. The monoisotopic (exact) mass is 1430 g/mol. The third-order valence-corrected chi connectivity index (χ3v) is 17.7. The first-order valence-corrected chi connectivity index (χ1v) is 31.6. The quantitative estimate of drug-likeness (QED) is 0.0115. The van der Waals surface area contributed by atoms with Crippen molar-refractivity contribution in [3.05, 3.63) is 199 Å². The van der Waals surface area contributed by atoms with Crippen molar-refractivity contribution in [2.24, 2.45) is 15.9 Å². The number of ether oxygens (including phenoxy) is 1. The molecule has 10 rings (SSSR count). The highest BCUT2D eigenvalue weighted by Gasteiger charge is 2.43. The summed E-state index contributed by atoms with van der Waals surface area (Å²) in [6.45, 7) is 5.36. The molecule has 6 N–H and O–H groups in total. The Morgan fingerprint density at radius 3 is 1.51 bits per heavy atom. The van der Waals surface area contributed by atoms with E-state index in [1.54, 1.807) is 46.5 Å². The molecule has 2 aromatic heterocycles. The number of alkyl halides is 9. The number of amides is 2. The predicted molar refractivity (Wildman–Crippen MR) is 342 cm³/mol. The number of esters is 1. The van der Waals surface area contributed by atoms with Gasteiger partial charge in [0.05, 0.1) is 33.7 Å². The smallest absolute Gasteiger partial charge is 0.469 e. The van der Waals surface area contributed by atoms with Crippen LogP contribution >= 0.6 is 46.4 Å². The number of carbonyl (C=O) groups is 2. The molecule has 518 valence electrons. The average molecular weight is 1430 g/mol. The Labute approximate surface area is 567 Å². The van der Waals surface area contributed by atoms with Crippen LogP contribution < -0.4 is 21.7 Å². The van der Waals surface area contributed by atoms with Gasteiger partial charge in [-0.15, -0.1) is 0 Å². The number of benzene rings is 5. The molecular weight excluding hydrogens is 1360 g/mol. The minimum Gasteiger partial charge on any atom is -0.469 e. The van der Waals surface area contributed by atoms with Gasteiger partial charge in [0.25, 0.3) is 0 Å². The zero-order valence-corrected chi connectivity index (χ0v) is 54.8. The second kappa shape index (κ2) is 36.5.